The van der Waals surface area contributed by atoms with Crippen LogP contribution in [0.3, 0.4) is 0 Å². The van der Waals surface area contributed by atoms with Crippen molar-refractivity contribution >= 4 is 41.8 Å². The Morgan fingerprint density at radius 2 is 1.90 bits per heavy atom. The first kappa shape index (κ1) is 25.9. The minimum absolute atomic E-state index is 0. The van der Waals surface area contributed by atoms with E-state index in [0.717, 1.165) is 29.6 Å². The topological polar surface area (TPSA) is 77.0 Å². The zero-order valence-corrected chi connectivity index (χ0v) is 19.4. The third kappa shape index (κ3) is 5.72. The Balaban J connectivity index is 0.00000225. The lowest BCUT2D eigenvalue weighted by Crippen LogP contribution is -2.37. The molecule has 0 aliphatic rings. The molecule has 1 atom stereocenters. The van der Waals surface area contributed by atoms with Crippen LogP contribution >= 0.6 is 24.8 Å². The van der Waals surface area contributed by atoms with Gasteiger partial charge in [0.1, 0.15) is 0 Å². The number of hydrogen-bond donors (Lipinski definition) is 1. The van der Waals surface area contributed by atoms with E-state index in [2.05, 4.69) is 36.1 Å². The summed E-state index contributed by atoms with van der Waals surface area (Å²) in [5.41, 5.74) is 9.24. The normalized spacial score (nSPS) is 11.5. The second-order valence-corrected chi connectivity index (χ2v) is 7.21. The Kier molecular flexibility index (Phi) is 10.3. The fourth-order valence-corrected chi connectivity index (χ4v) is 3.37. The fourth-order valence-electron chi connectivity index (χ4n) is 3.37. The van der Waals surface area contributed by atoms with Gasteiger partial charge in [0.05, 0.1) is 23.2 Å². The molecule has 3 aromatic rings. The summed E-state index contributed by atoms with van der Waals surface area (Å²) in [5.74, 6) is -0.0133. The standard InChI is InChI=1S/C22H29N5O.2ClH/c1-4-17(3)27-21-20(15-24-27)19(14-16(2)25-21)22(28)26(13-11-23)12-10-18-8-6-5-7-9-18;;/h5-9,14-15,17H,4,10-13,23H2,1-3H3;2*1H. The highest BCUT2D eigenvalue weighted by molar-refractivity contribution is 6.05. The molecule has 1 unspecified atom stereocenters. The van der Waals surface area contributed by atoms with Gasteiger partial charge >= 0.3 is 0 Å². The Morgan fingerprint density at radius 1 is 1.20 bits per heavy atom. The number of aromatic nitrogens is 3. The van der Waals surface area contributed by atoms with Gasteiger partial charge in [0, 0.05) is 25.3 Å². The Labute approximate surface area is 190 Å². The highest BCUT2D eigenvalue weighted by Gasteiger charge is 2.21. The number of carbonyl (C=O) groups is 1. The average Bonchev–Trinajstić information content (AvgIpc) is 3.13. The van der Waals surface area contributed by atoms with E-state index >= 15 is 0 Å². The van der Waals surface area contributed by atoms with Crippen LogP contribution in [-0.4, -0.2) is 45.2 Å². The molecule has 0 aliphatic heterocycles. The van der Waals surface area contributed by atoms with E-state index < -0.39 is 0 Å². The summed E-state index contributed by atoms with van der Waals surface area (Å²) in [5, 5.41) is 5.31. The van der Waals surface area contributed by atoms with E-state index in [0.29, 0.717) is 25.2 Å². The third-order valence-corrected chi connectivity index (χ3v) is 5.13. The maximum Gasteiger partial charge on any atom is 0.254 e. The predicted octanol–water partition coefficient (Wildman–Crippen LogP) is 4.20. The van der Waals surface area contributed by atoms with Gasteiger partial charge in [-0.2, -0.15) is 5.10 Å². The minimum atomic E-state index is -0.0133. The molecule has 0 spiro atoms. The van der Waals surface area contributed by atoms with Gasteiger partial charge in [-0.25, -0.2) is 9.67 Å². The fraction of sp³-hybridized carbons (Fsp3) is 0.409. The van der Waals surface area contributed by atoms with Crippen LogP contribution in [0.1, 0.15) is 47.9 Å². The molecular weight excluding hydrogens is 421 g/mol. The Bertz CT molecular complexity index is 945. The van der Waals surface area contributed by atoms with E-state index in [1.807, 2.05) is 40.8 Å². The van der Waals surface area contributed by atoms with Gasteiger partial charge in [0.2, 0.25) is 0 Å². The molecule has 164 valence electrons. The second kappa shape index (κ2) is 11.9. The molecule has 0 aliphatic carbocycles. The maximum atomic E-state index is 13.4. The number of halogens is 2. The number of aryl methyl sites for hydroxylation is 1. The molecule has 3 rings (SSSR count). The van der Waals surface area contributed by atoms with Crippen LogP contribution in [0, 0.1) is 6.92 Å². The highest BCUT2D eigenvalue weighted by atomic mass is 35.5. The third-order valence-electron chi connectivity index (χ3n) is 5.13. The van der Waals surface area contributed by atoms with Crippen molar-refractivity contribution in [2.45, 2.75) is 39.7 Å². The van der Waals surface area contributed by atoms with Crippen LogP contribution in [0.2, 0.25) is 0 Å². The molecular formula is C22H31Cl2N5O. The molecule has 30 heavy (non-hydrogen) atoms. The van der Waals surface area contributed by atoms with Gasteiger partial charge in [0.15, 0.2) is 5.65 Å². The van der Waals surface area contributed by atoms with Crippen molar-refractivity contribution in [3.63, 3.8) is 0 Å². The lowest BCUT2D eigenvalue weighted by Gasteiger charge is -2.23. The Morgan fingerprint density at radius 3 is 2.53 bits per heavy atom. The van der Waals surface area contributed by atoms with Crippen molar-refractivity contribution in [3.05, 3.63) is 59.4 Å². The van der Waals surface area contributed by atoms with Crippen molar-refractivity contribution < 1.29 is 4.79 Å². The molecule has 0 fully saturated rings. The number of carbonyl (C=O) groups excluding carboxylic acids is 1. The first-order chi connectivity index (χ1) is 13.5. The van der Waals surface area contributed by atoms with Gasteiger partial charge < -0.3 is 10.6 Å². The molecule has 0 saturated carbocycles. The molecule has 8 heteroatoms. The quantitative estimate of drug-likeness (QED) is 0.556. The lowest BCUT2D eigenvalue weighted by molar-refractivity contribution is 0.0764. The van der Waals surface area contributed by atoms with Gasteiger partial charge in [-0.1, -0.05) is 37.3 Å². The number of nitrogens with zero attached hydrogens (tertiary/aromatic N) is 4. The first-order valence-electron chi connectivity index (χ1n) is 9.93. The van der Waals surface area contributed by atoms with Crippen LogP contribution in [-0.2, 0) is 6.42 Å². The molecule has 0 saturated heterocycles. The monoisotopic (exact) mass is 451 g/mol. The van der Waals surface area contributed by atoms with Gasteiger partial charge in [-0.3, -0.25) is 4.79 Å². The van der Waals surface area contributed by atoms with Crippen molar-refractivity contribution in [3.8, 4) is 0 Å². The van der Waals surface area contributed by atoms with E-state index in [9.17, 15) is 4.79 Å². The molecule has 6 nitrogen and oxygen atoms in total. The number of amides is 1. The van der Waals surface area contributed by atoms with Crippen molar-refractivity contribution in [2.75, 3.05) is 19.6 Å². The maximum absolute atomic E-state index is 13.4. The number of fused-ring (bicyclic) bond motifs is 1. The molecule has 0 radical (unpaired) electrons. The first-order valence-corrected chi connectivity index (χ1v) is 9.93. The van der Waals surface area contributed by atoms with Crippen LogP contribution in [0.5, 0.6) is 0 Å². The van der Waals surface area contributed by atoms with Crippen molar-refractivity contribution in [2.24, 2.45) is 5.73 Å². The summed E-state index contributed by atoms with van der Waals surface area (Å²) >= 11 is 0. The zero-order chi connectivity index (χ0) is 20.1. The summed E-state index contributed by atoms with van der Waals surface area (Å²) in [6.07, 6.45) is 3.51. The van der Waals surface area contributed by atoms with Crippen LogP contribution in [0.15, 0.2) is 42.6 Å². The number of rotatable bonds is 8. The zero-order valence-electron chi connectivity index (χ0n) is 17.7. The van der Waals surface area contributed by atoms with Gasteiger partial charge in [-0.05, 0) is 38.3 Å². The summed E-state index contributed by atoms with van der Waals surface area (Å²) in [6.45, 7) is 7.73. The van der Waals surface area contributed by atoms with Crippen LogP contribution in [0.25, 0.3) is 11.0 Å². The second-order valence-electron chi connectivity index (χ2n) is 7.21. The van der Waals surface area contributed by atoms with Crippen LogP contribution in [0.4, 0.5) is 0 Å². The SMILES string of the molecule is CCC(C)n1ncc2c(C(=O)N(CCN)CCc3ccccc3)cc(C)nc21.Cl.Cl. The molecule has 0 bridgehead atoms. The molecule has 2 aromatic heterocycles. The highest BCUT2D eigenvalue weighted by Crippen LogP contribution is 2.23. The van der Waals surface area contributed by atoms with E-state index in [-0.39, 0.29) is 36.8 Å². The molecule has 2 N–H and O–H groups in total. The predicted molar refractivity (Wildman–Crippen MR) is 127 cm³/mol. The smallest absolute Gasteiger partial charge is 0.254 e. The molecule has 2 heterocycles. The van der Waals surface area contributed by atoms with E-state index in [1.54, 1.807) is 6.20 Å². The van der Waals surface area contributed by atoms with Crippen molar-refractivity contribution in [1.29, 1.82) is 0 Å². The van der Waals surface area contributed by atoms with Crippen LogP contribution < -0.4 is 5.73 Å². The van der Waals surface area contributed by atoms with Gasteiger partial charge in [-0.15, -0.1) is 24.8 Å². The lowest BCUT2D eigenvalue weighted by atomic mass is 10.1. The molecule has 1 amide bonds. The van der Waals surface area contributed by atoms with Gasteiger partial charge in [0.25, 0.3) is 5.91 Å². The van der Waals surface area contributed by atoms with E-state index in [1.165, 1.54) is 5.56 Å². The Hall–Kier alpha value is -2.15. The largest absolute Gasteiger partial charge is 0.337 e. The van der Waals surface area contributed by atoms with Crippen molar-refractivity contribution in [1.82, 2.24) is 19.7 Å². The summed E-state index contributed by atoms with van der Waals surface area (Å²) < 4.78 is 1.91. The number of pyridine rings is 1. The minimum Gasteiger partial charge on any atom is -0.337 e. The summed E-state index contributed by atoms with van der Waals surface area (Å²) in [6, 6.07) is 12.3. The number of benzene rings is 1. The molecule has 1 aromatic carbocycles. The number of hydrogen-bond acceptors (Lipinski definition) is 4. The summed E-state index contributed by atoms with van der Waals surface area (Å²) in [7, 11) is 0. The average molecular weight is 452 g/mol. The summed E-state index contributed by atoms with van der Waals surface area (Å²) in [4.78, 5) is 19.9. The van der Waals surface area contributed by atoms with E-state index in [4.69, 9.17) is 5.73 Å². The number of nitrogens with two attached hydrogens (primary N) is 1.